The molecule has 3 heteroatoms. The first-order chi connectivity index (χ1) is 9.74. The van der Waals surface area contributed by atoms with Gasteiger partial charge >= 0.3 is 0 Å². The van der Waals surface area contributed by atoms with Crippen LogP contribution in [0.15, 0.2) is 6.20 Å². The molecular weight excluding hydrogens is 258 g/mol. The molecule has 0 radical (unpaired) electrons. The quantitative estimate of drug-likeness (QED) is 0.925. The summed E-state index contributed by atoms with van der Waals surface area (Å²) in [6.45, 7) is 12.4. The van der Waals surface area contributed by atoms with Crippen LogP contribution in [0.25, 0.3) is 0 Å². The number of hydrogen-bond acceptors (Lipinski definition) is 3. The van der Waals surface area contributed by atoms with Crippen LogP contribution in [-0.4, -0.2) is 22.1 Å². The van der Waals surface area contributed by atoms with Gasteiger partial charge in [-0.15, -0.1) is 0 Å². The fraction of sp³-hybridized carbons (Fsp3) is 0.778. The third-order valence-electron chi connectivity index (χ3n) is 5.02. The second-order valence-electron chi connectivity index (χ2n) is 8.69. The van der Waals surface area contributed by atoms with Crippen molar-refractivity contribution >= 4 is 0 Å². The minimum Gasteiger partial charge on any atom is -0.312 e. The molecule has 0 amide bonds. The van der Waals surface area contributed by atoms with Crippen molar-refractivity contribution < 1.29 is 0 Å². The van der Waals surface area contributed by atoms with Crippen molar-refractivity contribution in [3.63, 3.8) is 0 Å². The molecule has 3 rings (SSSR count). The Bertz CT molecular complexity index is 528. The Labute approximate surface area is 129 Å². The van der Waals surface area contributed by atoms with Crippen molar-refractivity contribution in [1.29, 1.82) is 0 Å². The average molecular weight is 287 g/mol. The molecule has 116 valence electrons. The number of nitrogens with zero attached hydrogens (tertiary/aromatic N) is 2. The first kappa shape index (κ1) is 15.0. The van der Waals surface area contributed by atoms with Gasteiger partial charge in [0.15, 0.2) is 0 Å². The molecule has 0 aromatic carbocycles. The normalized spacial score (nSPS) is 27.3. The van der Waals surface area contributed by atoms with Gasteiger partial charge in [-0.3, -0.25) is 0 Å². The molecule has 2 unspecified atom stereocenters. The molecule has 1 N–H and O–H groups in total. The van der Waals surface area contributed by atoms with Crippen LogP contribution in [-0.2, 0) is 12.8 Å². The average Bonchev–Trinajstić information content (AvgIpc) is 3.04. The van der Waals surface area contributed by atoms with Crippen LogP contribution in [0.4, 0.5) is 0 Å². The van der Waals surface area contributed by atoms with Crippen LogP contribution >= 0.6 is 0 Å². The topological polar surface area (TPSA) is 37.8 Å². The molecule has 1 saturated carbocycles. The Morgan fingerprint density at radius 3 is 2.67 bits per heavy atom. The molecule has 2 aliphatic rings. The maximum atomic E-state index is 4.88. The second kappa shape index (κ2) is 5.05. The number of rotatable bonds is 3. The lowest BCUT2D eigenvalue weighted by Gasteiger charge is -2.28. The van der Waals surface area contributed by atoms with Crippen molar-refractivity contribution in [3.05, 3.63) is 23.3 Å². The molecule has 2 aliphatic carbocycles. The van der Waals surface area contributed by atoms with E-state index >= 15 is 0 Å². The van der Waals surface area contributed by atoms with Crippen molar-refractivity contribution in [2.24, 2.45) is 11.3 Å². The van der Waals surface area contributed by atoms with Gasteiger partial charge in [0.05, 0.1) is 0 Å². The van der Waals surface area contributed by atoms with E-state index in [9.17, 15) is 0 Å². The van der Waals surface area contributed by atoms with Gasteiger partial charge in [0.1, 0.15) is 5.82 Å². The summed E-state index contributed by atoms with van der Waals surface area (Å²) in [7, 11) is 0. The first-order valence-electron chi connectivity index (χ1n) is 8.34. The first-order valence-corrected chi connectivity index (χ1v) is 8.34. The van der Waals surface area contributed by atoms with E-state index in [-0.39, 0.29) is 5.54 Å². The lowest BCUT2D eigenvalue weighted by atomic mass is 9.86. The zero-order valence-electron chi connectivity index (χ0n) is 14.2. The van der Waals surface area contributed by atoms with Crippen molar-refractivity contribution in [3.8, 4) is 0 Å². The van der Waals surface area contributed by atoms with Crippen LogP contribution in [0.1, 0.15) is 70.5 Å². The largest absolute Gasteiger partial charge is 0.312 e. The molecule has 1 aromatic rings. The number of hydrogen-bond donors (Lipinski definition) is 1. The van der Waals surface area contributed by atoms with Crippen LogP contribution in [0.2, 0.25) is 0 Å². The second-order valence-corrected chi connectivity index (χ2v) is 8.69. The number of fused-ring (bicyclic) bond motifs is 1. The van der Waals surface area contributed by atoms with E-state index in [0.717, 1.165) is 31.1 Å². The molecule has 0 spiro atoms. The molecule has 3 nitrogen and oxygen atoms in total. The van der Waals surface area contributed by atoms with E-state index in [1.807, 2.05) is 0 Å². The summed E-state index contributed by atoms with van der Waals surface area (Å²) >= 11 is 0. The molecule has 1 aromatic heterocycles. The fourth-order valence-corrected chi connectivity index (χ4v) is 3.30. The molecule has 2 atom stereocenters. The van der Waals surface area contributed by atoms with E-state index in [1.165, 1.54) is 24.1 Å². The molecule has 0 saturated heterocycles. The Kier molecular flexibility index (Phi) is 3.59. The van der Waals surface area contributed by atoms with Gasteiger partial charge in [-0.1, -0.05) is 13.8 Å². The van der Waals surface area contributed by atoms with Gasteiger partial charge in [-0.25, -0.2) is 9.97 Å². The standard InChI is InChI=1S/C18H29N3/c1-17(2,3)20-10-12-6-7-15-13(8-12)11-19-16(21-15)14-9-18(14,4)5/h11-12,14,20H,6-10H2,1-5H3. The summed E-state index contributed by atoms with van der Waals surface area (Å²) in [5.41, 5.74) is 3.32. The predicted octanol–water partition coefficient (Wildman–Crippen LogP) is 3.48. The summed E-state index contributed by atoms with van der Waals surface area (Å²) in [6, 6.07) is 0. The van der Waals surface area contributed by atoms with Gasteiger partial charge in [-0.2, -0.15) is 0 Å². The van der Waals surface area contributed by atoms with E-state index in [2.05, 4.69) is 51.1 Å². The van der Waals surface area contributed by atoms with Gasteiger partial charge in [0.25, 0.3) is 0 Å². The summed E-state index contributed by atoms with van der Waals surface area (Å²) in [4.78, 5) is 9.54. The number of nitrogens with one attached hydrogen (secondary N) is 1. The van der Waals surface area contributed by atoms with Crippen molar-refractivity contribution in [2.75, 3.05) is 6.54 Å². The Hall–Kier alpha value is -0.960. The highest BCUT2D eigenvalue weighted by Crippen LogP contribution is 2.57. The third-order valence-corrected chi connectivity index (χ3v) is 5.02. The zero-order chi connectivity index (χ0) is 15.3. The van der Waals surface area contributed by atoms with Gasteiger partial charge < -0.3 is 5.32 Å². The molecule has 1 heterocycles. The van der Waals surface area contributed by atoms with Crippen LogP contribution in [0.3, 0.4) is 0 Å². The smallest absolute Gasteiger partial charge is 0.132 e. The van der Waals surface area contributed by atoms with E-state index in [4.69, 9.17) is 4.98 Å². The van der Waals surface area contributed by atoms with Crippen LogP contribution < -0.4 is 5.32 Å². The summed E-state index contributed by atoms with van der Waals surface area (Å²) in [6.07, 6.45) is 6.85. The van der Waals surface area contributed by atoms with E-state index in [1.54, 1.807) is 0 Å². The molecule has 0 bridgehead atoms. The zero-order valence-corrected chi connectivity index (χ0v) is 14.2. The SMILES string of the molecule is CC(C)(C)NCC1CCc2nc(C3CC3(C)C)ncc2C1. The maximum absolute atomic E-state index is 4.88. The molecule has 0 aliphatic heterocycles. The number of aryl methyl sites for hydroxylation is 1. The predicted molar refractivity (Wildman–Crippen MR) is 86.4 cm³/mol. The monoisotopic (exact) mass is 287 g/mol. The minimum atomic E-state index is 0.207. The minimum absolute atomic E-state index is 0.207. The highest BCUT2D eigenvalue weighted by molar-refractivity contribution is 5.25. The number of aromatic nitrogens is 2. The molecule has 1 fully saturated rings. The van der Waals surface area contributed by atoms with Gasteiger partial charge in [0, 0.05) is 23.3 Å². The van der Waals surface area contributed by atoms with E-state index in [0.29, 0.717) is 11.3 Å². The van der Waals surface area contributed by atoms with Gasteiger partial charge in [-0.05, 0) is 69.9 Å². The lowest BCUT2D eigenvalue weighted by Crippen LogP contribution is -2.40. The van der Waals surface area contributed by atoms with Crippen molar-refractivity contribution in [2.45, 2.75) is 71.8 Å². The summed E-state index contributed by atoms with van der Waals surface area (Å²) in [5.74, 6) is 2.40. The lowest BCUT2D eigenvalue weighted by molar-refractivity contribution is 0.346. The Morgan fingerprint density at radius 2 is 2.05 bits per heavy atom. The summed E-state index contributed by atoms with van der Waals surface area (Å²) < 4.78 is 0. The van der Waals surface area contributed by atoms with Crippen molar-refractivity contribution in [1.82, 2.24) is 15.3 Å². The van der Waals surface area contributed by atoms with Crippen LogP contribution in [0, 0.1) is 11.3 Å². The highest BCUT2D eigenvalue weighted by atomic mass is 15.0. The van der Waals surface area contributed by atoms with E-state index < -0.39 is 0 Å². The van der Waals surface area contributed by atoms with Gasteiger partial charge in [0.2, 0.25) is 0 Å². The Morgan fingerprint density at radius 1 is 1.33 bits per heavy atom. The molecular formula is C18H29N3. The molecule has 21 heavy (non-hydrogen) atoms. The third kappa shape index (κ3) is 3.45. The fourth-order valence-electron chi connectivity index (χ4n) is 3.30. The van der Waals surface area contributed by atoms with Crippen LogP contribution in [0.5, 0.6) is 0 Å². The highest BCUT2D eigenvalue weighted by Gasteiger charge is 2.48. The summed E-state index contributed by atoms with van der Waals surface area (Å²) in [5, 5.41) is 3.63. The Balaban J connectivity index is 1.65. The maximum Gasteiger partial charge on any atom is 0.132 e.